The molecule has 5 rings (SSSR count). The van der Waals surface area contributed by atoms with Crippen molar-refractivity contribution < 1.29 is 18.7 Å². The van der Waals surface area contributed by atoms with Gasteiger partial charge in [0.05, 0.1) is 22.6 Å². The SMILES string of the molecule is Cc1nc(-c2ccc3c(c2)CCN3C(=O)COC(=O)CCn2c(=O)oc3ccccc32)cs1. The molecule has 2 aromatic carbocycles. The predicted octanol–water partition coefficient (Wildman–Crippen LogP) is 3.55. The Morgan fingerprint density at radius 3 is 2.88 bits per heavy atom. The van der Waals surface area contributed by atoms with Gasteiger partial charge in [0.25, 0.3) is 5.91 Å². The molecule has 1 aliphatic rings. The summed E-state index contributed by atoms with van der Waals surface area (Å²) < 4.78 is 11.7. The Morgan fingerprint density at radius 2 is 2.06 bits per heavy atom. The van der Waals surface area contributed by atoms with Crippen LogP contribution in [0.25, 0.3) is 22.4 Å². The maximum Gasteiger partial charge on any atom is 0.419 e. The van der Waals surface area contributed by atoms with Gasteiger partial charge in [0, 0.05) is 29.7 Å². The zero-order valence-corrected chi connectivity index (χ0v) is 18.8. The summed E-state index contributed by atoms with van der Waals surface area (Å²) in [6, 6.07) is 12.9. The Labute approximate surface area is 193 Å². The number of aryl methyl sites for hydroxylation is 2. The van der Waals surface area contributed by atoms with Gasteiger partial charge in [-0.25, -0.2) is 9.78 Å². The van der Waals surface area contributed by atoms with Gasteiger partial charge in [-0.3, -0.25) is 14.2 Å². The summed E-state index contributed by atoms with van der Waals surface area (Å²) in [6.45, 7) is 2.29. The van der Waals surface area contributed by atoms with Crippen molar-refractivity contribution in [3.63, 3.8) is 0 Å². The van der Waals surface area contributed by atoms with Gasteiger partial charge in [-0.1, -0.05) is 18.2 Å². The van der Waals surface area contributed by atoms with Gasteiger partial charge in [0.15, 0.2) is 12.2 Å². The molecule has 0 atom stereocenters. The Hall–Kier alpha value is -3.72. The molecule has 9 heteroatoms. The highest BCUT2D eigenvalue weighted by Crippen LogP contribution is 2.32. The van der Waals surface area contributed by atoms with Crippen LogP contribution in [0.15, 0.2) is 57.1 Å². The molecule has 168 valence electrons. The van der Waals surface area contributed by atoms with E-state index in [1.807, 2.05) is 24.4 Å². The second kappa shape index (κ2) is 8.67. The number of thiazole rings is 1. The van der Waals surface area contributed by atoms with Crippen molar-refractivity contribution in [1.29, 1.82) is 0 Å². The number of amides is 1. The number of carbonyl (C=O) groups excluding carboxylic acids is 2. The number of rotatable bonds is 6. The number of anilines is 1. The fourth-order valence-electron chi connectivity index (χ4n) is 4.04. The summed E-state index contributed by atoms with van der Waals surface area (Å²) >= 11 is 1.60. The first-order valence-electron chi connectivity index (χ1n) is 10.6. The lowest BCUT2D eigenvalue weighted by Gasteiger charge is -2.17. The summed E-state index contributed by atoms with van der Waals surface area (Å²) in [5.74, 6) is -1.35. The highest BCUT2D eigenvalue weighted by molar-refractivity contribution is 7.09. The van der Waals surface area contributed by atoms with Crippen molar-refractivity contribution >= 4 is 40.0 Å². The predicted molar refractivity (Wildman–Crippen MR) is 124 cm³/mol. The van der Waals surface area contributed by atoms with Crippen molar-refractivity contribution in [2.24, 2.45) is 0 Å². The summed E-state index contributed by atoms with van der Waals surface area (Å²) in [7, 11) is 0. The highest BCUT2D eigenvalue weighted by atomic mass is 32.1. The fourth-order valence-corrected chi connectivity index (χ4v) is 4.66. The highest BCUT2D eigenvalue weighted by Gasteiger charge is 2.26. The molecule has 0 radical (unpaired) electrons. The summed E-state index contributed by atoms with van der Waals surface area (Å²) in [4.78, 5) is 43.1. The first kappa shape index (κ1) is 21.1. The molecule has 0 aliphatic carbocycles. The van der Waals surface area contributed by atoms with Crippen LogP contribution in [-0.2, 0) is 27.3 Å². The van der Waals surface area contributed by atoms with E-state index in [1.165, 1.54) is 4.57 Å². The van der Waals surface area contributed by atoms with E-state index in [2.05, 4.69) is 11.1 Å². The molecule has 0 saturated carbocycles. The number of oxazole rings is 1. The molecule has 0 bridgehead atoms. The van der Waals surface area contributed by atoms with Crippen LogP contribution in [0, 0.1) is 6.92 Å². The molecule has 0 fully saturated rings. The van der Waals surface area contributed by atoms with E-state index in [9.17, 15) is 14.4 Å². The Kier molecular flexibility index (Phi) is 5.55. The first-order valence-corrected chi connectivity index (χ1v) is 11.5. The molecule has 8 nitrogen and oxygen atoms in total. The first-order chi connectivity index (χ1) is 16.0. The minimum atomic E-state index is -0.547. The summed E-state index contributed by atoms with van der Waals surface area (Å²) in [5, 5.41) is 3.03. The normalized spacial score (nSPS) is 12.8. The van der Waals surface area contributed by atoms with Gasteiger partial charge in [-0.05, 0) is 43.2 Å². The lowest BCUT2D eigenvalue weighted by Crippen LogP contribution is -2.33. The smallest absolute Gasteiger partial charge is 0.419 e. The van der Waals surface area contributed by atoms with E-state index in [-0.39, 0.29) is 25.5 Å². The summed E-state index contributed by atoms with van der Waals surface area (Å²) in [6.07, 6.45) is 0.701. The van der Waals surface area contributed by atoms with Crippen molar-refractivity contribution in [1.82, 2.24) is 9.55 Å². The van der Waals surface area contributed by atoms with E-state index >= 15 is 0 Å². The second-order valence-corrected chi connectivity index (χ2v) is 8.85. The third kappa shape index (κ3) is 4.19. The van der Waals surface area contributed by atoms with Crippen LogP contribution in [-0.4, -0.2) is 34.6 Å². The molecular formula is C24H21N3O5S. The Balaban J connectivity index is 1.18. The minimum Gasteiger partial charge on any atom is -0.455 e. The monoisotopic (exact) mass is 463 g/mol. The number of nitrogens with zero attached hydrogens (tertiary/aromatic N) is 3. The molecule has 33 heavy (non-hydrogen) atoms. The van der Waals surface area contributed by atoms with Crippen LogP contribution in [0.4, 0.5) is 5.69 Å². The molecule has 0 saturated heterocycles. The van der Waals surface area contributed by atoms with Crippen molar-refractivity contribution in [3.8, 4) is 11.3 Å². The third-order valence-corrected chi connectivity index (χ3v) is 6.43. The molecule has 0 N–H and O–H groups in total. The largest absolute Gasteiger partial charge is 0.455 e. The van der Waals surface area contributed by atoms with Gasteiger partial charge >= 0.3 is 11.7 Å². The molecule has 1 aliphatic heterocycles. The van der Waals surface area contributed by atoms with Gasteiger partial charge in [-0.2, -0.15) is 0 Å². The number of benzene rings is 2. The zero-order valence-electron chi connectivity index (χ0n) is 17.9. The van der Waals surface area contributed by atoms with E-state index in [0.717, 1.165) is 33.9 Å². The number of para-hydroxylation sites is 2. The average Bonchev–Trinajstić information content (AvgIpc) is 3.52. The van der Waals surface area contributed by atoms with E-state index < -0.39 is 11.7 Å². The van der Waals surface area contributed by atoms with Crippen molar-refractivity contribution in [2.75, 3.05) is 18.1 Å². The number of carbonyl (C=O) groups is 2. The topological polar surface area (TPSA) is 94.6 Å². The molecule has 2 aromatic heterocycles. The lowest BCUT2D eigenvalue weighted by atomic mass is 10.1. The third-order valence-electron chi connectivity index (χ3n) is 5.66. The van der Waals surface area contributed by atoms with Crippen molar-refractivity contribution in [2.45, 2.75) is 26.3 Å². The van der Waals surface area contributed by atoms with Crippen LogP contribution in [0.3, 0.4) is 0 Å². The van der Waals surface area contributed by atoms with Gasteiger partial charge in [0.1, 0.15) is 0 Å². The molecule has 0 spiro atoms. The summed E-state index contributed by atoms with van der Waals surface area (Å²) in [5.41, 5.74) is 4.95. The number of ether oxygens (including phenoxy) is 1. The molecule has 0 unspecified atom stereocenters. The minimum absolute atomic E-state index is 0.0380. The Bertz CT molecular complexity index is 1420. The lowest BCUT2D eigenvalue weighted by molar-refractivity contribution is -0.148. The molecular weight excluding hydrogens is 442 g/mol. The fraction of sp³-hybridized carbons (Fsp3) is 0.250. The quantitative estimate of drug-likeness (QED) is 0.406. The van der Waals surface area contributed by atoms with Gasteiger partial charge < -0.3 is 14.1 Å². The van der Waals surface area contributed by atoms with Crippen molar-refractivity contribution in [3.05, 3.63) is 69.0 Å². The Morgan fingerprint density at radius 1 is 1.21 bits per heavy atom. The number of aromatic nitrogens is 2. The van der Waals surface area contributed by atoms with Crippen LogP contribution in [0.1, 0.15) is 17.0 Å². The molecule has 3 heterocycles. The number of esters is 1. The molecule has 4 aromatic rings. The van der Waals surface area contributed by atoms with E-state index in [4.69, 9.17) is 9.15 Å². The average molecular weight is 464 g/mol. The van der Waals surface area contributed by atoms with E-state index in [1.54, 1.807) is 40.5 Å². The number of hydrogen-bond donors (Lipinski definition) is 0. The second-order valence-electron chi connectivity index (χ2n) is 7.79. The zero-order chi connectivity index (χ0) is 22.9. The van der Waals surface area contributed by atoms with Crippen LogP contribution in [0.5, 0.6) is 0 Å². The van der Waals surface area contributed by atoms with Crippen LogP contribution >= 0.6 is 11.3 Å². The maximum absolute atomic E-state index is 12.7. The van der Waals surface area contributed by atoms with Crippen LogP contribution in [0.2, 0.25) is 0 Å². The van der Waals surface area contributed by atoms with Gasteiger partial charge in [0.2, 0.25) is 0 Å². The van der Waals surface area contributed by atoms with E-state index in [0.29, 0.717) is 17.6 Å². The maximum atomic E-state index is 12.7. The number of hydrogen-bond acceptors (Lipinski definition) is 7. The number of fused-ring (bicyclic) bond motifs is 2. The van der Waals surface area contributed by atoms with Crippen LogP contribution < -0.4 is 10.7 Å². The molecule has 1 amide bonds. The van der Waals surface area contributed by atoms with Gasteiger partial charge in [-0.15, -0.1) is 11.3 Å². The standard InChI is InChI=1S/C24H21N3O5S/c1-15-25-18(14-33-15)16-6-7-19-17(12-16)8-10-26(19)22(28)13-31-23(29)9-11-27-20-4-2-3-5-21(20)32-24(27)30/h2-7,12,14H,8-11,13H2,1H3.